The highest BCUT2D eigenvalue weighted by Crippen LogP contribution is 2.45. The van der Waals surface area contributed by atoms with Crippen molar-refractivity contribution in [1.82, 2.24) is 14.5 Å². The van der Waals surface area contributed by atoms with Crippen LogP contribution in [-0.4, -0.2) is 32.7 Å². The topological polar surface area (TPSA) is 86.5 Å². The van der Waals surface area contributed by atoms with Crippen molar-refractivity contribution >= 4 is 17.3 Å². The lowest BCUT2D eigenvalue weighted by molar-refractivity contribution is 0.0685. The van der Waals surface area contributed by atoms with Crippen LogP contribution in [0.2, 0.25) is 0 Å². The molecule has 0 fully saturated rings. The monoisotopic (exact) mass is 419 g/mol. The molecule has 3 aromatic heterocycles. The molecule has 1 aliphatic rings. The third-order valence-corrected chi connectivity index (χ3v) is 6.00. The summed E-state index contributed by atoms with van der Waals surface area (Å²) in [7, 11) is 1.59. The first-order valence-electron chi connectivity index (χ1n) is 9.32. The molecule has 0 saturated heterocycles. The first kappa shape index (κ1) is 18.4. The lowest BCUT2D eigenvalue weighted by Gasteiger charge is -2.23. The standard InChI is InChI=1S/C22H17N3O4S/c1-28-17-10-13-5-8-25-16(21(26)27)11-15(19-4-2-9-30-19)20(25)14(13)12-18(17)29-22-23-6-3-7-24-22/h2-4,6-7,9-12H,5,8H2,1H3,(H,26,27). The number of aryl methyl sites for hydroxylation is 1. The van der Waals surface area contributed by atoms with Gasteiger partial charge in [-0.25, -0.2) is 14.8 Å². The number of aromatic nitrogens is 3. The molecule has 7 nitrogen and oxygen atoms in total. The van der Waals surface area contributed by atoms with Crippen LogP contribution in [0, 0.1) is 0 Å². The number of rotatable bonds is 5. The second kappa shape index (κ2) is 7.31. The Morgan fingerprint density at radius 2 is 1.97 bits per heavy atom. The molecular formula is C22H17N3O4S. The molecule has 8 heteroatoms. The van der Waals surface area contributed by atoms with E-state index < -0.39 is 5.97 Å². The summed E-state index contributed by atoms with van der Waals surface area (Å²) in [5.41, 5.74) is 4.05. The van der Waals surface area contributed by atoms with Crippen molar-refractivity contribution in [3.05, 3.63) is 65.4 Å². The van der Waals surface area contributed by atoms with Crippen LogP contribution in [0.4, 0.5) is 0 Å². The smallest absolute Gasteiger partial charge is 0.352 e. The normalized spacial score (nSPS) is 12.2. The number of carbonyl (C=O) groups is 1. The third kappa shape index (κ3) is 3.02. The highest BCUT2D eigenvalue weighted by atomic mass is 32.1. The van der Waals surface area contributed by atoms with Gasteiger partial charge in [0.1, 0.15) is 5.69 Å². The fraction of sp³-hybridized carbons (Fsp3) is 0.136. The van der Waals surface area contributed by atoms with Crippen LogP contribution in [-0.2, 0) is 13.0 Å². The zero-order valence-corrected chi connectivity index (χ0v) is 16.8. The Hall–Kier alpha value is -3.65. The van der Waals surface area contributed by atoms with Crippen LogP contribution in [0.1, 0.15) is 16.1 Å². The van der Waals surface area contributed by atoms with Gasteiger partial charge >= 0.3 is 12.0 Å². The van der Waals surface area contributed by atoms with Crippen LogP contribution in [0.25, 0.3) is 21.7 Å². The summed E-state index contributed by atoms with van der Waals surface area (Å²) in [6, 6.07) is 11.5. The number of benzene rings is 1. The summed E-state index contributed by atoms with van der Waals surface area (Å²) in [5, 5.41) is 11.7. The number of hydrogen-bond donors (Lipinski definition) is 1. The Morgan fingerprint density at radius 3 is 2.67 bits per heavy atom. The molecule has 0 spiro atoms. The van der Waals surface area contributed by atoms with Gasteiger partial charge in [0.2, 0.25) is 0 Å². The van der Waals surface area contributed by atoms with Gasteiger partial charge in [0.05, 0.1) is 12.8 Å². The molecule has 1 aliphatic heterocycles. The largest absolute Gasteiger partial charge is 0.493 e. The van der Waals surface area contributed by atoms with Gasteiger partial charge in [-0.05, 0) is 47.7 Å². The zero-order valence-electron chi connectivity index (χ0n) is 16.0. The molecule has 0 unspecified atom stereocenters. The Morgan fingerprint density at radius 1 is 1.13 bits per heavy atom. The van der Waals surface area contributed by atoms with E-state index in [1.165, 1.54) is 0 Å². The number of aromatic carboxylic acids is 1. The average Bonchev–Trinajstić information content (AvgIpc) is 3.42. The van der Waals surface area contributed by atoms with Gasteiger partial charge < -0.3 is 19.1 Å². The fourth-order valence-electron chi connectivity index (χ4n) is 3.81. The molecular weight excluding hydrogens is 402 g/mol. The van der Waals surface area contributed by atoms with Crippen molar-refractivity contribution in [2.75, 3.05) is 7.11 Å². The first-order valence-corrected chi connectivity index (χ1v) is 10.2. The van der Waals surface area contributed by atoms with Crippen LogP contribution in [0.15, 0.2) is 54.2 Å². The van der Waals surface area contributed by atoms with Crippen molar-refractivity contribution in [1.29, 1.82) is 0 Å². The lowest BCUT2D eigenvalue weighted by atomic mass is 9.95. The molecule has 30 heavy (non-hydrogen) atoms. The van der Waals surface area contributed by atoms with Crippen LogP contribution < -0.4 is 9.47 Å². The van der Waals surface area contributed by atoms with E-state index in [0.717, 1.165) is 27.3 Å². The van der Waals surface area contributed by atoms with Crippen molar-refractivity contribution in [3.8, 4) is 39.2 Å². The molecule has 0 atom stereocenters. The third-order valence-electron chi connectivity index (χ3n) is 5.10. The molecule has 0 bridgehead atoms. The number of ether oxygens (including phenoxy) is 2. The molecule has 4 heterocycles. The molecule has 150 valence electrons. The zero-order chi connectivity index (χ0) is 20.7. The maximum absolute atomic E-state index is 11.9. The van der Waals surface area contributed by atoms with E-state index in [1.807, 2.05) is 34.2 Å². The number of fused-ring (bicyclic) bond motifs is 3. The number of nitrogens with zero attached hydrogens (tertiary/aromatic N) is 3. The van der Waals surface area contributed by atoms with E-state index in [1.54, 1.807) is 43.0 Å². The van der Waals surface area contributed by atoms with E-state index in [4.69, 9.17) is 9.47 Å². The second-order valence-corrected chi connectivity index (χ2v) is 7.72. The minimum Gasteiger partial charge on any atom is -0.493 e. The van der Waals surface area contributed by atoms with Gasteiger partial charge in [-0.1, -0.05) is 6.07 Å². The van der Waals surface area contributed by atoms with Crippen LogP contribution in [0.5, 0.6) is 17.5 Å². The summed E-state index contributed by atoms with van der Waals surface area (Å²) < 4.78 is 13.3. The summed E-state index contributed by atoms with van der Waals surface area (Å²) >= 11 is 1.58. The van der Waals surface area contributed by atoms with E-state index in [2.05, 4.69) is 9.97 Å². The Bertz CT molecular complexity index is 1230. The molecule has 0 saturated carbocycles. The summed E-state index contributed by atoms with van der Waals surface area (Å²) in [6.07, 6.45) is 3.90. The van der Waals surface area contributed by atoms with Crippen molar-refractivity contribution < 1.29 is 19.4 Å². The number of thiophene rings is 1. The van der Waals surface area contributed by atoms with E-state index >= 15 is 0 Å². The Kier molecular flexibility index (Phi) is 4.48. The maximum atomic E-state index is 11.9. The van der Waals surface area contributed by atoms with Gasteiger partial charge in [0, 0.05) is 34.9 Å². The molecule has 4 aromatic rings. The summed E-state index contributed by atoms with van der Waals surface area (Å²) in [4.78, 5) is 21.2. The molecule has 5 rings (SSSR count). The van der Waals surface area contributed by atoms with E-state index in [0.29, 0.717) is 24.5 Å². The molecule has 1 aromatic carbocycles. The molecule has 1 N–H and O–H groups in total. The molecule has 0 radical (unpaired) electrons. The average molecular weight is 419 g/mol. The number of carboxylic acids is 1. The Labute approximate surface area is 176 Å². The van der Waals surface area contributed by atoms with Crippen LogP contribution in [0.3, 0.4) is 0 Å². The second-order valence-electron chi connectivity index (χ2n) is 6.77. The van der Waals surface area contributed by atoms with Crippen molar-refractivity contribution in [2.45, 2.75) is 13.0 Å². The highest BCUT2D eigenvalue weighted by Gasteiger charge is 2.28. The SMILES string of the molecule is COc1cc2c(cc1Oc1ncccn1)-c1c(-c3cccs3)cc(C(=O)O)n1CC2. The Balaban J connectivity index is 1.71. The predicted octanol–water partition coefficient (Wildman–Crippen LogP) is 4.73. The molecule has 0 amide bonds. The number of methoxy groups -OCH3 is 1. The highest BCUT2D eigenvalue weighted by molar-refractivity contribution is 7.13. The van der Waals surface area contributed by atoms with E-state index in [-0.39, 0.29) is 11.7 Å². The summed E-state index contributed by atoms with van der Waals surface area (Å²) in [6.45, 7) is 0.584. The van der Waals surface area contributed by atoms with Gasteiger partial charge in [-0.2, -0.15) is 0 Å². The van der Waals surface area contributed by atoms with Gasteiger partial charge in [0.25, 0.3) is 0 Å². The first-order chi connectivity index (χ1) is 14.7. The lowest BCUT2D eigenvalue weighted by Crippen LogP contribution is -2.16. The van der Waals surface area contributed by atoms with Crippen LogP contribution >= 0.6 is 11.3 Å². The van der Waals surface area contributed by atoms with Gasteiger partial charge in [-0.3, -0.25) is 0 Å². The van der Waals surface area contributed by atoms with Crippen molar-refractivity contribution in [3.63, 3.8) is 0 Å². The number of carboxylic acid groups (broad SMARTS) is 1. The van der Waals surface area contributed by atoms with Gasteiger partial charge in [-0.15, -0.1) is 11.3 Å². The summed E-state index contributed by atoms with van der Waals surface area (Å²) in [5.74, 6) is 0.119. The fourth-order valence-corrected chi connectivity index (χ4v) is 4.55. The number of hydrogen-bond acceptors (Lipinski definition) is 6. The van der Waals surface area contributed by atoms with Crippen molar-refractivity contribution in [2.24, 2.45) is 0 Å². The maximum Gasteiger partial charge on any atom is 0.352 e. The molecule has 0 aliphatic carbocycles. The minimum absolute atomic E-state index is 0.214. The quantitative estimate of drug-likeness (QED) is 0.503. The predicted molar refractivity (Wildman–Crippen MR) is 113 cm³/mol. The van der Waals surface area contributed by atoms with E-state index in [9.17, 15) is 9.90 Å². The van der Waals surface area contributed by atoms with Gasteiger partial charge in [0.15, 0.2) is 11.5 Å². The minimum atomic E-state index is -0.940.